The summed E-state index contributed by atoms with van der Waals surface area (Å²) in [5, 5.41) is 10.3. The topological polar surface area (TPSA) is 17.1 Å². The zero-order valence-electron chi connectivity index (χ0n) is 40.3. The van der Waals surface area contributed by atoms with E-state index in [2.05, 4.69) is 186 Å². The van der Waals surface area contributed by atoms with E-state index in [-0.39, 0.29) is 17.8 Å². The van der Waals surface area contributed by atoms with Gasteiger partial charge in [-0.1, -0.05) is 238 Å². The number of benzene rings is 10. The van der Waals surface area contributed by atoms with Crippen LogP contribution in [0.1, 0.15) is 78.1 Å². The monoisotopic (exact) mass is 916 g/mol. The maximum absolute atomic E-state index is 15.9. The Labute approximate surface area is 411 Å². The first-order valence-corrected chi connectivity index (χ1v) is 26.9. The predicted molar refractivity (Wildman–Crippen MR) is 295 cm³/mol. The number of allylic oxidation sites excluding steroid dienone is 4. The molecule has 0 saturated carbocycles. The van der Waals surface area contributed by atoms with Crippen molar-refractivity contribution in [2.45, 2.75) is 51.4 Å². The van der Waals surface area contributed by atoms with Gasteiger partial charge in [-0.15, -0.1) is 0 Å². The van der Waals surface area contributed by atoms with Crippen molar-refractivity contribution in [3.8, 4) is 11.1 Å². The van der Waals surface area contributed by atoms with Gasteiger partial charge in [-0.2, -0.15) is 0 Å². The third-order valence-electron chi connectivity index (χ3n) is 17.5. The van der Waals surface area contributed by atoms with E-state index in [1.54, 1.807) is 11.1 Å². The second-order valence-electron chi connectivity index (χ2n) is 20.8. The van der Waals surface area contributed by atoms with E-state index in [1.165, 1.54) is 99.1 Å². The van der Waals surface area contributed by atoms with Gasteiger partial charge in [0.15, 0.2) is 7.14 Å². The van der Waals surface area contributed by atoms with E-state index in [0.29, 0.717) is 0 Å². The minimum absolute atomic E-state index is 0.0800. The Hall–Kier alpha value is -7.31. The zero-order chi connectivity index (χ0) is 47.3. The van der Waals surface area contributed by atoms with Crippen LogP contribution in [0.2, 0.25) is 0 Å². The number of hydrogen-bond acceptors (Lipinski definition) is 1. The molecule has 5 atom stereocenters. The number of aryl methyl sites for hydroxylation is 1. The summed E-state index contributed by atoms with van der Waals surface area (Å²) >= 11 is 0. The van der Waals surface area contributed by atoms with Gasteiger partial charge < -0.3 is 4.57 Å². The molecule has 0 N–H and O–H groups in total. The molecule has 0 heterocycles. The van der Waals surface area contributed by atoms with Gasteiger partial charge in [0.05, 0.1) is 5.41 Å². The van der Waals surface area contributed by atoms with Crippen LogP contribution in [-0.4, -0.2) is 0 Å². The van der Waals surface area contributed by atoms with Crippen LogP contribution in [0.3, 0.4) is 0 Å². The lowest BCUT2D eigenvalue weighted by Gasteiger charge is -2.51. The average Bonchev–Trinajstić information content (AvgIpc) is 3.74. The van der Waals surface area contributed by atoms with Gasteiger partial charge in [-0.25, -0.2) is 0 Å². The van der Waals surface area contributed by atoms with E-state index in [0.717, 1.165) is 15.9 Å². The third-order valence-corrected chi connectivity index (χ3v) is 20.6. The summed E-state index contributed by atoms with van der Waals surface area (Å²) in [5.41, 5.74) is 18.2. The van der Waals surface area contributed by atoms with Gasteiger partial charge >= 0.3 is 0 Å². The fourth-order valence-corrected chi connectivity index (χ4v) is 17.5. The number of fused-ring (bicyclic) bond motifs is 11. The molecule has 5 unspecified atom stereocenters. The summed E-state index contributed by atoms with van der Waals surface area (Å²) in [6.07, 6.45) is 0. The highest BCUT2D eigenvalue weighted by atomic mass is 31.2. The molecule has 0 fully saturated rings. The van der Waals surface area contributed by atoms with Crippen molar-refractivity contribution in [3.05, 3.63) is 274 Å². The number of hydrogen-bond donors (Lipinski definition) is 0. The van der Waals surface area contributed by atoms with Crippen LogP contribution in [0, 0.1) is 18.8 Å². The van der Waals surface area contributed by atoms with Crippen LogP contribution in [0.15, 0.2) is 229 Å². The van der Waals surface area contributed by atoms with Gasteiger partial charge in [0.2, 0.25) is 0 Å². The van der Waals surface area contributed by atoms with Crippen molar-refractivity contribution in [2.75, 3.05) is 0 Å². The van der Waals surface area contributed by atoms with Crippen LogP contribution in [-0.2, 0) is 15.4 Å². The highest BCUT2D eigenvalue weighted by molar-refractivity contribution is 7.85. The summed E-state index contributed by atoms with van der Waals surface area (Å²) in [6.45, 7) is 12.4. The van der Waals surface area contributed by atoms with Crippen molar-refractivity contribution in [2.24, 2.45) is 11.8 Å². The molecule has 10 aromatic rings. The summed E-state index contributed by atoms with van der Waals surface area (Å²) in [6, 6.07) is 78.6. The van der Waals surface area contributed by atoms with Crippen LogP contribution < -0.4 is 15.9 Å². The molecule has 0 radical (unpaired) electrons. The zero-order valence-corrected chi connectivity index (χ0v) is 41.2. The van der Waals surface area contributed by atoms with Crippen molar-refractivity contribution < 1.29 is 4.57 Å². The molecule has 4 aliphatic rings. The Kier molecular flexibility index (Phi) is 8.84. The van der Waals surface area contributed by atoms with Crippen molar-refractivity contribution in [3.63, 3.8) is 0 Å². The SMILES string of the molecule is Cc1ccc2c3c4cc(ccc4c(-c4cccc5ccccc45)c2c1)C1(c2ccc(P(=O)(c4ccccc4)c4ccccc4)cc2)C2=C(c4ccccc41)C(C)C1=C(C2C)C3(C)c2ccccc2C1C. The maximum atomic E-state index is 15.9. The number of rotatable bonds is 5. The van der Waals surface area contributed by atoms with Crippen LogP contribution in [0.4, 0.5) is 0 Å². The fraction of sp³-hybridized carbons (Fsp3) is 0.147. The molecule has 4 aliphatic carbocycles. The van der Waals surface area contributed by atoms with Gasteiger partial charge in [0.1, 0.15) is 0 Å². The Morgan fingerprint density at radius 2 is 1.04 bits per heavy atom. The third kappa shape index (κ3) is 5.21. The average molecular weight is 917 g/mol. The molecule has 336 valence electrons. The van der Waals surface area contributed by atoms with E-state index in [4.69, 9.17) is 0 Å². The molecule has 14 rings (SSSR count). The van der Waals surface area contributed by atoms with Crippen LogP contribution in [0.25, 0.3) is 49.0 Å². The molecule has 70 heavy (non-hydrogen) atoms. The van der Waals surface area contributed by atoms with Crippen LogP contribution in [0.5, 0.6) is 0 Å². The molecular weight excluding hydrogens is 864 g/mol. The molecule has 0 saturated heterocycles. The predicted octanol–water partition coefficient (Wildman–Crippen LogP) is 15.9. The first-order valence-electron chi connectivity index (χ1n) is 25.2. The minimum Gasteiger partial charge on any atom is -0.309 e. The molecule has 4 bridgehead atoms. The van der Waals surface area contributed by atoms with Gasteiger partial charge in [-0.3, -0.25) is 0 Å². The van der Waals surface area contributed by atoms with E-state index in [1.807, 2.05) is 60.7 Å². The fourth-order valence-electron chi connectivity index (χ4n) is 14.9. The highest BCUT2D eigenvalue weighted by Gasteiger charge is 2.58. The second-order valence-corrected chi connectivity index (χ2v) is 23.6. The summed E-state index contributed by atoms with van der Waals surface area (Å²) in [4.78, 5) is 0. The maximum Gasteiger partial charge on any atom is 0.171 e. The van der Waals surface area contributed by atoms with Gasteiger partial charge in [0, 0.05) is 39.1 Å². The van der Waals surface area contributed by atoms with E-state index < -0.39 is 18.0 Å². The molecule has 0 spiro atoms. The summed E-state index contributed by atoms with van der Waals surface area (Å²) in [5.74, 6) is 0.481. The van der Waals surface area contributed by atoms with E-state index in [9.17, 15) is 0 Å². The Bertz CT molecular complexity index is 3940. The molecule has 2 heteroatoms. The van der Waals surface area contributed by atoms with Gasteiger partial charge in [0.25, 0.3) is 0 Å². The molecule has 0 aliphatic heterocycles. The van der Waals surface area contributed by atoms with Crippen molar-refractivity contribution in [1.82, 2.24) is 0 Å². The Morgan fingerprint density at radius 3 is 1.80 bits per heavy atom. The van der Waals surface area contributed by atoms with Gasteiger partial charge in [-0.05, 0) is 119 Å². The quantitative estimate of drug-likeness (QED) is 0.0955. The molecular formula is C68H53OP. The molecule has 10 aromatic carbocycles. The molecule has 0 aromatic heterocycles. The smallest absolute Gasteiger partial charge is 0.171 e. The lowest BCUT2D eigenvalue weighted by Crippen LogP contribution is -2.42. The summed E-state index contributed by atoms with van der Waals surface area (Å²) in [7, 11) is -3.23. The lowest BCUT2D eigenvalue weighted by molar-refractivity contribution is 0.491. The lowest BCUT2D eigenvalue weighted by atomic mass is 9.51. The second kappa shape index (κ2) is 14.9. The normalized spacial score (nSPS) is 22.0. The summed E-state index contributed by atoms with van der Waals surface area (Å²) < 4.78 is 15.9. The highest BCUT2D eigenvalue weighted by Crippen LogP contribution is 2.69. The first-order chi connectivity index (χ1) is 34.2. The molecule has 0 amide bonds. The Morgan fingerprint density at radius 1 is 0.443 bits per heavy atom. The van der Waals surface area contributed by atoms with Crippen LogP contribution >= 0.6 is 7.14 Å². The largest absolute Gasteiger partial charge is 0.309 e. The van der Waals surface area contributed by atoms with E-state index >= 15 is 4.57 Å². The van der Waals surface area contributed by atoms with Crippen molar-refractivity contribution >= 4 is 60.9 Å². The first kappa shape index (κ1) is 41.6. The Balaban J connectivity index is 1.15. The van der Waals surface area contributed by atoms with Crippen molar-refractivity contribution in [1.29, 1.82) is 0 Å². The molecule has 1 nitrogen and oxygen atoms in total. The minimum atomic E-state index is -3.23. The standard InChI is InChI=1S/C68H53OP/c1-41-31-37-55-57(39-41)63(53-28-18-20-45-19-12-13-26-52(45)53)54-38-34-47-40-58(54)66(55)67(5)59-29-16-14-25-51(59)42(2)61-43(3)62-56-27-15-17-30-60(56)68(47,65(62)44(4)64(61)67)46-32-35-50(36-33-46)70(69,48-21-8-6-9-22-48)49-23-10-7-11-24-49/h6-40,42-44H,1-5H3.